The van der Waals surface area contributed by atoms with Crippen LogP contribution in [-0.4, -0.2) is 128 Å². The summed E-state index contributed by atoms with van der Waals surface area (Å²) in [6, 6.07) is 14.9. The second kappa shape index (κ2) is 21.0. The lowest BCUT2D eigenvalue weighted by molar-refractivity contribution is -0.150. The van der Waals surface area contributed by atoms with Gasteiger partial charge in [-0.25, -0.2) is 0 Å². The number of morpholine rings is 1. The number of thiophene rings is 1. The summed E-state index contributed by atoms with van der Waals surface area (Å²) in [5, 5.41) is 5.32. The minimum Gasteiger partial charge on any atom is -0.376 e. The summed E-state index contributed by atoms with van der Waals surface area (Å²) < 4.78 is 53.6. The first-order chi connectivity index (χ1) is 35.1. The number of hydrogen-bond acceptors (Lipinski definition) is 11. The normalized spacial score (nSPS) is 21.7. The van der Waals surface area contributed by atoms with Crippen LogP contribution in [0.15, 0.2) is 66.7 Å². The molecule has 1 aromatic heterocycles. The third-order valence-corrected chi connectivity index (χ3v) is 16.6. The van der Waals surface area contributed by atoms with Crippen LogP contribution in [0.4, 0.5) is 8.78 Å². The van der Waals surface area contributed by atoms with E-state index in [1.165, 1.54) is 21.9 Å². The Morgan fingerprint density at radius 1 is 0.919 bits per heavy atom. The summed E-state index contributed by atoms with van der Waals surface area (Å²) in [6.45, 7) is 7.54. The Morgan fingerprint density at radius 2 is 1.66 bits per heavy atom. The number of nitrogens with zero attached hydrogens (tertiary/aromatic N) is 4. The van der Waals surface area contributed by atoms with E-state index >= 15 is 0 Å². The molecule has 4 N–H and O–H groups in total. The van der Waals surface area contributed by atoms with Crippen molar-refractivity contribution in [2.75, 3.05) is 32.8 Å². The van der Waals surface area contributed by atoms with Crippen molar-refractivity contribution in [1.29, 1.82) is 0 Å². The maximum atomic E-state index is 14.9. The highest BCUT2D eigenvalue weighted by Crippen LogP contribution is 2.59. The van der Waals surface area contributed by atoms with Crippen molar-refractivity contribution >= 4 is 70.4 Å². The van der Waals surface area contributed by atoms with Gasteiger partial charge in [0.15, 0.2) is 0 Å². The number of benzene rings is 3. The van der Waals surface area contributed by atoms with Gasteiger partial charge in [0.1, 0.15) is 24.2 Å². The Hall–Kier alpha value is -5.96. The topological polar surface area (TPSA) is 232 Å². The fraction of sp³-hybridized carbons (Fsp3) is 0.481. The van der Waals surface area contributed by atoms with E-state index in [1.54, 1.807) is 30.6 Å². The third kappa shape index (κ3) is 10.9. The molecule has 0 spiro atoms. The van der Waals surface area contributed by atoms with Gasteiger partial charge in [-0.3, -0.25) is 43.4 Å². The van der Waals surface area contributed by atoms with Crippen LogP contribution in [0, 0.1) is 5.41 Å². The van der Waals surface area contributed by atoms with Gasteiger partial charge in [0.05, 0.1) is 24.1 Å². The molecule has 0 radical (unpaired) electrons. The number of likely N-dealkylation sites (tertiary alicyclic amines) is 1. The summed E-state index contributed by atoms with van der Waals surface area (Å²) in [6.07, 6.45) is 1.89. The molecule has 3 saturated heterocycles. The summed E-state index contributed by atoms with van der Waals surface area (Å²) in [5.41, 5.74) is -2.19. The Morgan fingerprint density at radius 3 is 2.38 bits per heavy atom. The molecule has 5 aliphatic rings. The molecule has 22 heteroatoms. The van der Waals surface area contributed by atoms with Gasteiger partial charge in [-0.2, -0.15) is 8.78 Å². The number of carbonyl (C=O) groups is 7. The first kappa shape index (κ1) is 52.9. The van der Waals surface area contributed by atoms with Gasteiger partial charge in [-0.05, 0) is 76.6 Å². The molecule has 5 aliphatic heterocycles. The van der Waals surface area contributed by atoms with Gasteiger partial charge >= 0.3 is 13.3 Å². The number of alkyl halides is 2. The molecular formula is C52H59F2N6O12PS. The molecule has 0 bridgehead atoms. The fourth-order valence-corrected chi connectivity index (χ4v) is 11.9. The number of halogens is 2. The summed E-state index contributed by atoms with van der Waals surface area (Å²) in [7, 11) is -5.84. The molecule has 3 fully saturated rings. The Kier molecular flexibility index (Phi) is 15.0. The molecule has 4 aromatic rings. The molecule has 3 aromatic carbocycles. The number of ether oxygens (including phenoxy) is 2. The monoisotopic (exact) mass is 1060 g/mol. The molecule has 5 atom stereocenters. The van der Waals surface area contributed by atoms with E-state index in [4.69, 9.17) is 9.47 Å². The molecule has 2 unspecified atom stereocenters. The first-order valence-electron chi connectivity index (χ1n) is 24.8. The Labute approximate surface area is 429 Å². The summed E-state index contributed by atoms with van der Waals surface area (Å²) >= 11 is 0.962. The number of imide groups is 1. The predicted octanol–water partition coefficient (Wildman–Crippen LogP) is 5.72. The van der Waals surface area contributed by atoms with E-state index in [1.807, 2.05) is 42.5 Å². The maximum Gasteiger partial charge on any atom is 0.399 e. The van der Waals surface area contributed by atoms with Crippen LogP contribution >= 0.6 is 18.9 Å². The molecule has 9 rings (SSSR count). The number of piperidine rings is 1. The molecule has 0 saturated carbocycles. The van der Waals surface area contributed by atoms with Crippen LogP contribution in [0.1, 0.15) is 120 Å². The average Bonchev–Trinajstić information content (AvgIpc) is 4.17. The van der Waals surface area contributed by atoms with E-state index < -0.39 is 66.2 Å². The van der Waals surface area contributed by atoms with Gasteiger partial charge in [-0.15, -0.1) is 11.3 Å². The quantitative estimate of drug-likeness (QED) is 0.0636. The number of nitrogens with one attached hydrogen (secondary N) is 2. The standard InChI is InChI=1S/C52H59F2N6O12PS/c1-51(2,3)45(56-47(64)42-23-31-21-35(13-15-41(31)74-42)52(53,54)73(68,69)70)50(67)60-28-36(24-39(60)49(66)57-17-19-72-40(29-57)30-10-6-4-7-11-30)71-18-9-5-8-12-44(62)58-25-32-20-34-27-59(38-14-16-43(61)55-46(38)63)48(65)37(34)22-33(32)26-58/h4,6-7,10-11,13,15,20-23,36,38-40,45H,5,8-9,12,14,16-19,24-29H2,1-3H3,(H,56,64)(H,55,61,63)(H2,68,69,70)/t36-,38?,39-,40-,45?/m0/s1. The number of fused-ring (bicyclic) bond motifs is 3. The van der Waals surface area contributed by atoms with Crippen LogP contribution in [0.25, 0.3) is 10.1 Å². The fourth-order valence-electron chi connectivity index (χ4n) is 10.5. The number of unbranched alkanes of at least 4 members (excludes halogenated alkanes) is 2. The first-order valence-corrected chi connectivity index (χ1v) is 27.2. The minimum absolute atomic E-state index is 0.0208. The highest BCUT2D eigenvalue weighted by atomic mass is 32.1. The number of rotatable bonds is 15. The van der Waals surface area contributed by atoms with Gasteiger partial charge in [0.2, 0.25) is 29.5 Å². The molecule has 74 heavy (non-hydrogen) atoms. The van der Waals surface area contributed by atoms with E-state index in [0.29, 0.717) is 62.2 Å². The van der Waals surface area contributed by atoms with Gasteiger partial charge in [0, 0.05) is 74.4 Å². The van der Waals surface area contributed by atoms with Crippen LogP contribution in [0.3, 0.4) is 0 Å². The number of hydrogen-bond donors (Lipinski definition) is 4. The van der Waals surface area contributed by atoms with Crippen LogP contribution in [0.5, 0.6) is 0 Å². The second-order valence-electron chi connectivity index (χ2n) is 20.7. The van der Waals surface area contributed by atoms with E-state index in [0.717, 1.165) is 45.7 Å². The second-order valence-corrected chi connectivity index (χ2v) is 23.5. The maximum absolute atomic E-state index is 14.9. The lowest BCUT2D eigenvalue weighted by Crippen LogP contribution is -2.58. The van der Waals surface area contributed by atoms with Crippen molar-refractivity contribution in [3.8, 4) is 0 Å². The zero-order chi connectivity index (χ0) is 52.9. The van der Waals surface area contributed by atoms with Gasteiger partial charge < -0.3 is 44.2 Å². The summed E-state index contributed by atoms with van der Waals surface area (Å²) in [4.78, 5) is 119. The van der Waals surface area contributed by atoms with Crippen molar-refractivity contribution in [1.82, 2.24) is 30.2 Å². The van der Waals surface area contributed by atoms with Crippen LogP contribution < -0.4 is 10.6 Å². The molecular weight excluding hydrogens is 1000 g/mol. The average molecular weight is 1060 g/mol. The smallest absolute Gasteiger partial charge is 0.376 e. The Balaban J connectivity index is 0.816. The lowest BCUT2D eigenvalue weighted by Gasteiger charge is -2.38. The van der Waals surface area contributed by atoms with E-state index in [2.05, 4.69) is 10.6 Å². The van der Waals surface area contributed by atoms with Gasteiger partial charge in [-0.1, -0.05) is 69.7 Å². The van der Waals surface area contributed by atoms with Crippen LogP contribution in [-0.2, 0) is 63.3 Å². The van der Waals surface area contributed by atoms with Crippen molar-refractivity contribution in [3.05, 3.63) is 105 Å². The van der Waals surface area contributed by atoms with Crippen molar-refractivity contribution < 1.29 is 66.2 Å². The summed E-state index contributed by atoms with van der Waals surface area (Å²) in [5.74, 6) is -2.57. The molecule has 7 amide bonds. The lowest BCUT2D eigenvalue weighted by atomic mass is 9.85. The van der Waals surface area contributed by atoms with E-state index in [9.17, 15) is 56.7 Å². The third-order valence-electron chi connectivity index (χ3n) is 14.5. The highest BCUT2D eigenvalue weighted by molar-refractivity contribution is 7.52. The minimum atomic E-state index is -5.84. The Bertz CT molecular complexity index is 2940. The van der Waals surface area contributed by atoms with Crippen molar-refractivity contribution in [2.24, 2.45) is 5.41 Å². The number of carbonyl (C=O) groups excluding carboxylic acids is 7. The highest BCUT2D eigenvalue weighted by Gasteiger charge is 2.51. The van der Waals surface area contributed by atoms with Crippen molar-refractivity contribution in [2.45, 2.75) is 121 Å². The number of amides is 7. The molecule has 0 aliphatic carbocycles. The van der Waals surface area contributed by atoms with Gasteiger partial charge in [0.25, 0.3) is 11.8 Å². The molecule has 18 nitrogen and oxygen atoms in total. The zero-order valence-corrected chi connectivity index (χ0v) is 42.9. The van der Waals surface area contributed by atoms with Crippen LogP contribution in [0.2, 0.25) is 0 Å². The molecule has 6 heterocycles. The molecule has 394 valence electrons. The van der Waals surface area contributed by atoms with E-state index in [-0.39, 0.29) is 85.5 Å². The zero-order valence-electron chi connectivity index (χ0n) is 41.2. The van der Waals surface area contributed by atoms with Crippen molar-refractivity contribution in [3.63, 3.8) is 0 Å². The largest absolute Gasteiger partial charge is 0.399 e. The predicted molar refractivity (Wildman–Crippen MR) is 265 cm³/mol. The SMILES string of the molecule is CC(C)(C)C(NC(=O)c1cc2cc(C(F)(F)P(=O)(O)O)ccc2s1)C(=O)N1C[C@@H](OCCCCCC(=O)N2Cc3cc4c(cc3C2)C(=O)N(C2CCC(=O)NC2=O)C4)C[C@H]1C(=O)N1CCO[C@H](c2ccccc2)C1.